The Bertz CT molecular complexity index is 611. The highest BCUT2D eigenvalue weighted by molar-refractivity contribution is 7.89. The van der Waals surface area contributed by atoms with E-state index >= 15 is 0 Å². The Morgan fingerprint density at radius 1 is 1.17 bits per heavy atom. The maximum absolute atomic E-state index is 12.5. The van der Waals surface area contributed by atoms with Crippen LogP contribution >= 0.6 is 0 Å². The first-order valence-electron chi connectivity index (χ1n) is 7.66. The van der Waals surface area contributed by atoms with Gasteiger partial charge in [0.2, 0.25) is 15.9 Å². The number of hydrogen-bond acceptors (Lipinski definition) is 4. The lowest BCUT2D eigenvalue weighted by Gasteiger charge is -2.22. The van der Waals surface area contributed by atoms with Crippen molar-refractivity contribution in [3.05, 3.63) is 29.8 Å². The molecule has 6 nitrogen and oxygen atoms in total. The predicted octanol–water partition coefficient (Wildman–Crippen LogP) is 1.19. The monoisotopic (exact) mass is 342 g/mol. The Morgan fingerprint density at radius 2 is 1.74 bits per heavy atom. The van der Waals surface area contributed by atoms with Crippen molar-refractivity contribution in [3.63, 3.8) is 0 Å². The number of amides is 1. The molecule has 0 aromatic heterocycles. The van der Waals surface area contributed by atoms with E-state index < -0.39 is 28.0 Å². The molecule has 23 heavy (non-hydrogen) atoms. The van der Waals surface area contributed by atoms with Gasteiger partial charge in [-0.1, -0.05) is 31.5 Å². The summed E-state index contributed by atoms with van der Waals surface area (Å²) in [7, 11) is -3.78. The lowest BCUT2D eigenvalue weighted by atomic mass is 10.0. The minimum atomic E-state index is -3.78. The van der Waals surface area contributed by atoms with Gasteiger partial charge in [0.05, 0.1) is 11.5 Å². The van der Waals surface area contributed by atoms with Gasteiger partial charge in [-0.05, 0) is 38.3 Å². The molecule has 1 amide bonds. The fraction of sp³-hybridized carbons (Fsp3) is 0.562. The second-order valence-corrected chi connectivity index (χ2v) is 7.92. The van der Waals surface area contributed by atoms with Gasteiger partial charge < -0.3 is 10.4 Å². The summed E-state index contributed by atoms with van der Waals surface area (Å²) in [6.45, 7) is 7.14. The van der Waals surface area contributed by atoms with Crippen LogP contribution in [-0.4, -0.2) is 38.1 Å². The number of benzene rings is 1. The van der Waals surface area contributed by atoms with Gasteiger partial charge in [-0.15, -0.1) is 0 Å². The summed E-state index contributed by atoms with van der Waals surface area (Å²) in [5.74, 6) is -0.299. The van der Waals surface area contributed by atoms with E-state index in [0.717, 1.165) is 5.56 Å². The SMILES string of the molecule is Cc1ccc(S(=O)(=O)NC(CC(C)C)C(=O)NC(C)CO)cc1. The first-order valence-corrected chi connectivity index (χ1v) is 9.14. The van der Waals surface area contributed by atoms with Crippen molar-refractivity contribution >= 4 is 15.9 Å². The standard InChI is InChI=1S/C16H26N2O4S/c1-11(2)9-15(16(20)17-13(4)10-19)18-23(21,22)14-7-5-12(3)6-8-14/h5-8,11,13,15,18-19H,9-10H2,1-4H3,(H,17,20). The molecule has 0 fully saturated rings. The van der Waals surface area contributed by atoms with Gasteiger partial charge in [-0.3, -0.25) is 4.79 Å². The van der Waals surface area contributed by atoms with Gasteiger partial charge in [0, 0.05) is 6.04 Å². The molecule has 0 saturated carbocycles. The second-order valence-electron chi connectivity index (χ2n) is 6.21. The maximum Gasteiger partial charge on any atom is 0.241 e. The van der Waals surface area contributed by atoms with Crippen LogP contribution in [0.1, 0.15) is 32.8 Å². The highest BCUT2D eigenvalue weighted by Gasteiger charge is 2.27. The quantitative estimate of drug-likeness (QED) is 0.661. The van der Waals surface area contributed by atoms with E-state index in [1.807, 2.05) is 20.8 Å². The zero-order valence-corrected chi connectivity index (χ0v) is 14.9. The van der Waals surface area contributed by atoms with Gasteiger partial charge in [-0.25, -0.2) is 8.42 Å². The molecular weight excluding hydrogens is 316 g/mol. The van der Waals surface area contributed by atoms with Crippen LogP contribution in [0.5, 0.6) is 0 Å². The normalized spacial score (nSPS) is 14.5. The van der Waals surface area contributed by atoms with E-state index in [1.54, 1.807) is 19.1 Å². The van der Waals surface area contributed by atoms with Gasteiger partial charge in [0.25, 0.3) is 0 Å². The number of rotatable bonds is 8. The number of sulfonamides is 1. The molecule has 0 spiro atoms. The Kier molecular flexibility index (Phi) is 7.18. The van der Waals surface area contributed by atoms with E-state index in [1.165, 1.54) is 12.1 Å². The van der Waals surface area contributed by atoms with Crippen molar-refractivity contribution in [1.82, 2.24) is 10.0 Å². The third-order valence-corrected chi connectivity index (χ3v) is 4.80. The number of aliphatic hydroxyl groups is 1. The molecule has 2 atom stereocenters. The third-order valence-electron chi connectivity index (χ3n) is 3.31. The summed E-state index contributed by atoms with van der Waals surface area (Å²) >= 11 is 0. The molecule has 1 aromatic carbocycles. The van der Waals surface area contributed by atoms with Crippen molar-refractivity contribution in [2.75, 3.05) is 6.61 Å². The van der Waals surface area contributed by atoms with Crippen molar-refractivity contribution in [3.8, 4) is 0 Å². The summed E-state index contributed by atoms with van der Waals surface area (Å²) < 4.78 is 27.4. The first-order chi connectivity index (χ1) is 10.7. The van der Waals surface area contributed by atoms with E-state index in [0.29, 0.717) is 6.42 Å². The van der Waals surface area contributed by atoms with Gasteiger partial charge >= 0.3 is 0 Å². The van der Waals surface area contributed by atoms with E-state index in [9.17, 15) is 13.2 Å². The molecule has 1 aromatic rings. The average Bonchev–Trinajstić information content (AvgIpc) is 2.46. The van der Waals surface area contributed by atoms with E-state index in [4.69, 9.17) is 5.11 Å². The minimum Gasteiger partial charge on any atom is -0.394 e. The summed E-state index contributed by atoms with van der Waals surface area (Å²) in [6, 6.07) is 5.13. The highest BCUT2D eigenvalue weighted by Crippen LogP contribution is 2.13. The van der Waals surface area contributed by atoms with Crippen LogP contribution in [0, 0.1) is 12.8 Å². The topological polar surface area (TPSA) is 95.5 Å². The largest absolute Gasteiger partial charge is 0.394 e. The number of aryl methyl sites for hydroxylation is 1. The Hall–Kier alpha value is -1.44. The molecule has 130 valence electrons. The number of carbonyl (C=O) groups excluding carboxylic acids is 1. The third kappa shape index (κ3) is 6.29. The Labute approximate surface area is 138 Å². The van der Waals surface area contributed by atoms with Crippen LogP contribution in [0.15, 0.2) is 29.2 Å². The molecule has 2 unspecified atom stereocenters. The Balaban J connectivity index is 2.95. The summed E-state index contributed by atoms with van der Waals surface area (Å²) in [5.41, 5.74) is 0.956. The van der Waals surface area contributed by atoms with Crippen LogP contribution in [0.2, 0.25) is 0 Å². The van der Waals surface area contributed by atoms with Crippen molar-refractivity contribution < 1.29 is 18.3 Å². The smallest absolute Gasteiger partial charge is 0.241 e. The number of hydrogen-bond donors (Lipinski definition) is 3. The van der Waals surface area contributed by atoms with Crippen molar-refractivity contribution in [1.29, 1.82) is 0 Å². The van der Waals surface area contributed by atoms with Gasteiger partial charge in [0.1, 0.15) is 6.04 Å². The Morgan fingerprint density at radius 3 is 2.22 bits per heavy atom. The van der Waals surface area contributed by atoms with Crippen molar-refractivity contribution in [2.24, 2.45) is 5.92 Å². The predicted molar refractivity (Wildman–Crippen MR) is 89.4 cm³/mol. The van der Waals surface area contributed by atoms with Crippen molar-refractivity contribution in [2.45, 2.75) is 51.1 Å². The number of aliphatic hydroxyl groups excluding tert-OH is 1. The molecule has 0 saturated heterocycles. The molecule has 0 aliphatic rings. The van der Waals surface area contributed by atoms with E-state index in [2.05, 4.69) is 10.0 Å². The zero-order valence-electron chi connectivity index (χ0n) is 14.0. The molecule has 0 aliphatic carbocycles. The van der Waals surface area contributed by atoms with Crippen LogP contribution in [0.4, 0.5) is 0 Å². The molecule has 0 radical (unpaired) electrons. The summed E-state index contributed by atoms with van der Waals surface area (Å²) in [4.78, 5) is 12.4. The van der Waals surface area contributed by atoms with E-state index in [-0.39, 0.29) is 17.4 Å². The molecule has 0 heterocycles. The van der Waals surface area contributed by atoms with Crippen LogP contribution in [-0.2, 0) is 14.8 Å². The van der Waals surface area contributed by atoms with Crippen LogP contribution < -0.4 is 10.0 Å². The maximum atomic E-state index is 12.5. The fourth-order valence-electron chi connectivity index (χ4n) is 2.04. The second kappa shape index (κ2) is 8.42. The molecule has 3 N–H and O–H groups in total. The average molecular weight is 342 g/mol. The molecule has 0 aliphatic heterocycles. The lowest BCUT2D eigenvalue weighted by Crippen LogP contribution is -2.50. The highest BCUT2D eigenvalue weighted by atomic mass is 32.2. The molecular formula is C16H26N2O4S. The first kappa shape index (κ1) is 19.6. The minimum absolute atomic E-state index is 0.125. The van der Waals surface area contributed by atoms with Gasteiger partial charge in [-0.2, -0.15) is 4.72 Å². The van der Waals surface area contributed by atoms with Gasteiger partial charge in [0.15, 0.2) is 0 Å². The lowest BCUT2D eigenvalue weighted by molar-refractivity contribution is -0.124. The molecule has 7 heteroatoms. The summed E-state index contributed by atoms with van der Waals surface area (Å²) in [5, 5.41) is 11.6. The van der Waals surface area contributed by atoms with Crippen LogP contribution in [0.25, 0.3) is 0 Å². The molecule has 0 bridgehead atoms. The van der Waals surface area contributed by atoms with Crippen LogP contribution in [0.3, 0.4) is 0 Å². The summed E-state index contributed by atoms with van der Waals surface area (Å²) in [6.07, 6.45) is 0.370. The zero-order chi connectivity index (χ0) is 17.6. The number of nitrogens with one attached hydrogen (secondary N) is 2. The number of carbonyl (C=O) groups is 1. The fourth-order valence-corrected chi connectivity index (χ4v) is 3.25. The molecule has 1 rings (SSSR count).